The Kier molecular flexibility index (Phi) is 3.47. The highest BCUT2D eigenvalue weighted by atomic mass is 127. The van der Waals surface area contributed by atoms with Crippen LogP contribution in [0.15, 0.2) is 48.5 Å². The molecule has 0 saturated heterocycles. The molecule has 0 aliphatic heterocycles. The monoisotopic (exact) mass is 460 g/mol. The summed E-state index contributed by atoms with van der Waals surface area (Å²) >= 11 is -1.42. The summed E-state index contributed by atoms with van der Waals surface area (Å²) in [6, 6.07) is 16.6. The molecule has 2 nitrogen and oxygen atoms in total. The molecule has 3 aromatic rings. The number of fused-ring (bicyclic) bond motifs is 2. The minimum atomic E-state index is -0.712. The number of rotatable bonds is 2. The Balaban J connectivity index is 2.70. The molecule has 0 heterocycles. The van der Waals surface area contributed by atoms with E-state index in [-0.39, 0.29) is 0 Å². The van der Waals surface area contributed by atoms with Crippen LogP contribution in [0.1, 0.15) is 0 Å². The van der Waals surface area contributed by atoms with Crippen LogP contribution >= 0.6 is 42.1 Å². The molecule has 0 unspecified atom stereocenters. The third-order valence-electron chi connectivity index (χ3n) is 2.99. The van der Waals surface area contributed by atoms with Crippen LogP contribution in [0.25, 0.3) is 21.5 Å². The van der Waals surface area contributed by atoms with Crippen LogP contribution in [-0.4, -0.2) is 0 Å². The maximum absolute atomic E-state index is 7.91. The SMILES string of the molecule is N=Ic1c2ccccc2c(I=N)c2ccccc12. The van der Waals surface area contributed by atoms with Gasteiger partial charge in [0.25, 0.3) is 0 Å². The maximum atomic E-state index is 7.91. The van der Waals surface area contributed by atoms with Crippen LogP contribution in [-0.2, 0) is 0 Å². The van der Waals surface area contributed by atoms with Gasteiger partial charge in [0.15, 0.2) is 0 Å². The van der Waals surface area contributed by atoms with E-state index in [0.717, 1.165) is 0 Å². The molecule has 0 saturated carbocycles. The molecule has 0 aromatic heterocycles. The fraction of sp³-hybridized carbons (Fsp3) is 0. The van der Waals surface area contributed by atoms with Gasteiger partial charge in [-0.15, -0.1) is 0 Å². The van der Waals surface area contributed by atoms with Gasteiger partial charge in [0, 0.05) is 49.2 Å². The fourth-order valence-electron chi connectivity index (χ4n) is 2.23. The second kappa shape index (κ2) is 5.08. The van der Waals surface area contributed by atoms with Gasteiger partial charge >= 0.3 is 0 Å². The molecule has 0 bridgehead atoms. The van der Waals surface area contributed by atoms with E-state index in [1.54, 1.807) is 0 Å². The summed E-state index contributed by atoms with van der Waals surface area (Å²) in [7, 11) is 0. The average molecular weight is 460 g/mol. The molecular weight excluding hydrogens is 450 g/mol. The Hall–Kier alpha value is -0.760. The lowest BCUT2D eigenvalue weighted by atomic mass is 10.0. The lowest BCUT2D eigenvalue weighted by molar-refractivity contribution is 1.69. The molecule has 18 heavy (non-hydrogen) atoms. The van der Waals surface area contributed by atoms with Gasteiger partial charge in [-0.3, -0.25) is 7.12 Å². The Morgan fingerprint density at radius 1 is 0.556 bits per heavy atom. The van der Waals surface area contributed by atoms with E-state index < -0.39 is 42.1 Å². The topological polar surface area (TPSA) is 47.7 Å². The first-order chi connectivity index (χ1) is 8.86. The van der Waals surface area contributed by atoms with E-state index in [9.17, 15) is 0 Å². The Morgan fingerprint density at radius 3 is 1.06 bits per heavy atom. The minimum absolute atomic E-state index is 0.712. The van der Waals surface area contributed by atoms with E-state index in [2.05, 4.69) is 24.3 Å². The van der Waals surface area contributed by atoms with Crippen molar-refractivity contribution in [2.75, 3.05) is 0 Å². The largest absolute Gasteiger partial charge is 0.274 e. The summed E-state index contributed by atoms with van der Waals surface area (Å²) in [5.41, 5.74) is 0. The van der Waals surface area contributed by atoms with Crippen molar-refractivity contribution in [1.29, 1.82) is 7.12 Å². The average Bonchev–Trinajstić information content (AvgIpc) is 2.44. The van der Waals surface area contributed by atoms with Crippen LogP contribution in [0.5, 0.6) is 0 Å². The van der Waals surface area contributed by atoms with Crippen molar-refractivity contribution in [1.82, 2.24) is 0 Å². The summed E-state index contributed by atoms with van der Waals surface area (Å²) in [5, 5.41) is 4.78. The van der Waals surface area contributed by atoms with Crippen molar-refractivity contribution in [2.45, 2.75) is 0 Å². The van der Waals surface area contributed by atoms with Crippen molar-refractivity contribution in [2.24, 2.45) is 0 Å². The first-order valence-electron chi connectivity index (χ1n) is 5.41. The zero-order chi connectivity index (χ0) is 12.5. The summed E-state index contributed by atoms with van der Waals surface area (Å²) in [6.45, 7) is 0. The zero-order valence-electron chi connectivity index (χ0n) is 9.37. The highest BCUT2D eigenvalue weighted by Gasteiger charge is 2.11. The van der Waals surface area contributed by atoms with Gasteiger partial charge in [-0.25, -0.2) is 0 Å². The molecule has 3 rings (SSSR count). The molecule has 0 fully saturated rings. The standard InChI is InChI=1S/C14H10I2N2/c17-15-13-9-5-1-2-6-10(9)14(16-18)12-8-4-3-7-11(12)13/h1-8,17-18H. The van der Waals surface area contributed by atoms with Crippen molar-refractivity contribution >= 4 is 63.6 Å². The molecule has 0 spiro atoms. The zero-order valence-corrected chi connectivity index (χ0v) is 13.7. The van der Waals surface area contributed by atoms with Gasteiger partial charge in [0.2, 0.25) is 0 Å². The van der Waals surface area contributed by atoms with Gasteiger partial charge in [-0.2, -0.15) is 0 Å². The summed E-state index contributed by atoms with van der Waals surface area (Å²) in [6.07, 6.45) is 0. The van der Waals surface area contributed by atoms with E-state index in [4.69, 9.17) is 7.12 Å². The number of nitrogens with one attached hydrogen (secondary N) is 2. The first-order valence-corrected chi connectivity index (χ1v) is 9.73. The van der Waals surface area contributed by atoms with Gasteiger partial charge in [-0.05, 0) is 21.5 Å². The van der Waals surface area contributed by atoms with Gasteiger partial charge in [-0.1, -0.05) is 48.5 Å². The highest BCUT2D eigenvalue weighted by molar-refractivity contribution is 14.2. The summed E-state index contributed by atoms with van der Waals surface area (Å²) in [4.78, 5) is 0. The van der Waals surface area contributed by atoms with Crippen LogP contribution in [0.4, 0.5) is 0 Å². The van der Waals surface area contributed by atoms with Crippen LogP contribution in [0.2, 0.25) is 0 Å². The summed E-state index contributed by atoms with van der Waals surface area (Å²) in [5.74, 6) is 0. The molecule has 0 aliphatic rings. The predicted molar refractivity (Wildman–Crippen MR) is 92.3 cm³/mol. The van der Waals surface area contributed by atoms with Crippen molar-refractivity contribution in [3.05, 3.63) is 55.7 Å². The van der Waals surface area contributed by atoms with Crippen LogP contribution in [0, 0.1) is 14.3 Å². The number of hydrogen-bond acceptors (Lipinski definition) is 2. The number of benzene rings is 3. The third-order valence-corrected chi connectivity index (χ3v) is 6.39. The van der Waals surface area contributed by atoms with E-state index in [1.165, 1.54) is 28.7 Å². The van der Waals surface area contributed by atoms with Crippen molar-refractivity contribution < 1.29 is 0 Å². The minimum Gasteiger partial charge on any atom is -0.274 e. The predicted octanol–water partition coefficient (Wildman–Crippen LogP) is 5.80. The molecule has 2 N–H and O–H groups in total. The second-order valence-electron chi connectivity index (χ2n) is 3.91. The van der Waals surface area contributed by atoms with Crippen molar-refractivity contribution in [3.63, 3.8) is 0 Å². The Morgan fingerprint density at radius 2 is 0.833 bits per heavy atom. The van der Waals surface area contributed by atoms with Gasteiger partial charge in [0.1, 0.15) is 0 Å². The molecule has 0 amide bonds. The van der Waals surface area contributed by atoms with Crippen LogP contribution < -0.4 is 0 Å². The molecule has 0 atom stereocenters. The third kappa shape index (κ3) is 1.82. The first kappa shape index (κ1) is 12.3. The Labute approximate surface area is 125 Å². The molecule has 4 heteroatoms. The normalized spacial score (nSPS) is 11.1. The van der Waals surface area contributed by atoms with Crippen LogP contribution in [0.3, 0.4) is 0 Å². The molecule has 90 valence electrons. The lowest BCUT2D eigenvalue weighted by Gasteiger charge is -2.10. The van der Waals surface area contributed by atoms with E-state index >= 15 is 0 Å². The fourth-order valence-corrected chi connectivity index (χ4v) is 5.27. The highest BCUT2D eigenvalue weighted by Crippen LogP contribution is 2.37. The van der Waals surface area contributed by atoms with Gasteiger partial charge < -0.3 is 0 Å². The second-order valence-corrected chi connectivity index (χ2v) is 7.14. The van der Waals surface area contributed by atoms with Crippen molar-refractivity contribution in [3.8, 4) is 0 Å². The van der Waals surface area contributed by atoms with E-state index in [1.807, 2.05) is 24.3 Å². The molecular formula is C14H10I2N2. The quantitative estimate of drug-likeness (QED) is 0.359. The lowest BCUT2D eigenvalue weighted by Crippen LogP contribution is -1.87. The molecule has 0 aliphatic carbocycles. The smallest absolute Gasteiger partial charge is 0.0406 e. The van der Waals surface area contributed by atoms with Gasteiger partial charge in [0.05, 0.1) is 0 Å². The molecule has 3 aromatic carbocycles. The molecule has 0 radical (unpaired) electrons. The van der Waals surface area contributed by atoms with E-state index in [0.29, 0.717) is 0 Å². The number of halogens is 2. The maximum Gasteiger partial charge on any atom is 0.0406 e. The number of hydrogen-bond donors (Lipinski definition) is 2. The summed E-state index contributed by atoms with van der Waals surface area (Å²) < 4.78 is 18.2. The Bertz CT molecular complexity index is 658.